The molecule has 1 heterocycles. The molecule has 0 aromatic carbocycles. The zero-order chi connectivity index (χ0) is 10.4. The van der Waals surface area contributed by atoms with E-state index < -0.39 is 0 Å². The van der Waals surface area contributed by atoms with Gasteiger partial charge in [-0.3, -0.25) is 0 Å². The van der Waals surface area contributed by atoms with Gasteiger partial charge in [-0.2, -0.15) is 0 Å². The molecule has 0 amide bonds. The molecule has 0 saturated heterocycles. The van der Waals surface area contributed by atoms with Crippen LogP contribution in [0.2, 0.25) is 0 Å². The van der Waals surface area contributed by atoms with Crippen molar-refractivity contribution in [1.82, 2.24) is 5.32 Å². The molecule has 1 unspecified atom stereocenters. The predicted molar refractivity (Wildman–Crippen MR) is 65.2 cm³/mol. The molecule has 1 nitrogen and oxygen atoms in total. The van der Waals surface area contributed by atoms with Gasteiger partial charge in [0.15, 0.2) is 0 Å². The molecule has 0 fully saturated rings. The van der Waals surface area contributed by atoms with Crippen molar-refractivity contribution in [2.45, 2.75) is 39.5 Å². The molecule has 1 atom stereocenters. The van der Waals surface area contributed by atoms with Gasteiger partial charge in [-0.25, -0.2) is 0 Å². The molecule has 0 aliphatic rings. The highest BCUT2D eigenvalue weighted by molar-refractivity contribution is 7.10. The summed E-state index contributed by atoms with van der Waals surface area (Å²) in [5.41, 5.74) is 1.54. The first-order valence-corrected chi connectivity index (χ1v) is 6.38. The van der Waals surface area contributed by atoms with Crippen LogP contribution in [0.4, 0.5) is 0 Å². The lowest BCUT2D eigenvalue weighted by Crippen LogP contribution is -2.17. The molecule has 0 aliphatic heterocycles. The van der Waals surface area contributed by atoms with Gasteiger partial charge in [0.1, 0.15) is 0 Å². The minimum absolute atomic E-state index is 0.700. The van der Waals surface area contributed by atoms with Crippen LogP contribution in [0.1, 0.15) is 43.0 Å². The Balaban J connectivity index is 2.28. The minimum Gasteiger partial charge on any atom is -0.317 e. The average molecular weight is 211 g/mol. The van der Waals surface area contributed by atoms with Crippen LogP contribution >= 0.6 is 11.3 Å². The van der Waals surface area contributed by atoms with Gasteiger partial charge in [0.05, 0.1) is 0 Å². The van der Waals surface area contributed by atoms with E-state index >= 15 is 0 Å². The average Bonchev–Trinajstić information content (AvgIpc) is 2.59. The van der Waals surface area contributed by atoms with Gasteiger partial charge >= 0.3 is 0 Å². The van der Waals surface area contributed by atoms with Crippen molar-refractivity contribution < 1.29 is 0 Å². The Morgan fingerprint density at radius 3 is 2.79 bits per heavy atom. The number of rotatable bonds is 6. The zero-order valence-electron chi connectivity index (χ0n) is 9.47. The van der Waals surface area contributed by atoms with Crippen molar-refractivity contribution >= 4 is 11.3 Å². The van der Waals surface area contributed by atoms with Gasteiger partial charge in [-0.05, 0) is 55.8 Å². The lowest BCUT2D eigenvalue weighted by Gasteiger charge is -2.11. The Morgan fingerprint density at radius 2 is 2.21 bits per heavy atom. The quantitative estimate of drug-likeness (QED) is 0.710. The van der Waals surface area contributed by atoms with Gasteiger partial charge < -0.3 is 5.32 Å². The lowest BCUT2D eigenvalue weighted by molar-refractivity contribution is 0.590. The molecular weight excluding hydrogens is 190 g/mol. The third-order valence-corrected chi connectivity index (χ3v) is 3.47. The Bertz CT molecular complexity index is 255. The van der Waals surface area contributed by atoms with Crippen LogP contribution < -0.4 is 5.32 Å². The fraction of sp³-hybridized carbons (Fsp3) is 0.667. The fourth-order valence-electron chi connectivity index (χ4n) is 1.68. The molecule has 0 aliphatic carbocycles. The summed E-state index contributed by atoms with van der Waals surface area (Å²) >= 11 is 1.86. The number of hydrogen-bond acceptors (Lipinski definition) is 2. The monoisotopic (exact) mass is 211 g/mol. The molecule has 80 valence electrons. The highest BCUT2D eigenvalue weighted by Gasteiger charge is 2.08. The smallest absolute Gasteiger partial charge is 0.00489 e. The first-order chi connectivity index (χ1) is 6.75. The molecule has 0 radical (unpaired) electrons. The zero-order valence-corrected chi connectivity index (χ0v) is 10.3. The summed E-state index contributed by atoms with van der Waals surface area (Å²) in [5.74, 6) is 0.700. The minimum atomic E-state index is 0.700. The van der Waals surface area contributed by atoms with Crippen LogP contribution in [-0.2, 0) is 0 Å². The van der Waals surface area contributed by atoms with Crippen LogP contribution in [0.3, 0.4) is 0 Å². The highest BCUT2D eigenvalue weighted by atomic mass is 32.1. The third-order valence-electron chi connectivity index (χ3n) is 2.61. The Morgan fingerprint density at radius 1 is 1.43 bits per heavy atom. The summed E-state index contributed by atoms with van der Waals surface area (Å²) in [6.45, 7) is 9.04. The van der Waals surface area contributed by atoms with Crippen LogP contribution in [-0.4, -0.2) is 13.1 Å². The van der Waals surface area contributed by atoms with Gasteiger partial charge in [0.2, 0.25) is 0 Å². The first kappa shape index (κ1) is 11.7. The molecule has 1 aromatic rings. The van der Waals surface area contributed by atoms with E-state index in [-0.39, 0.29) is 0 Å². The molecule has 0 bridgehead atoms. The molecule has 1 aromatic heterocycles. The van der Waals surface area contributed by atoms with Gasteiger partial charge in [0.25, 0.3) is 0 Å². The second-order valence-electron chi connectivity index (χ2n) is 3.87. The number of nitrogens with one attached hydrogen (secondary N) is 1. The van der Waals surface area contributed by atoms with Crippen molar-refractivity contribution in [3.8, 4) is 0 Å². The molecular formula is C12H21NS. The maximum absolute atomic E-state index is 3.45. The van der Waals surface area contributed by atoms with E-state index in [2.05, 4.69) is 37.5 Å². The molecule has 0 spiro atoms. The van der Waals surface area contributed by atoms with Crippen molar-refractivity contribution in [1.29, 1.82) is 0 Å². The molecule has 2 heteroatoms. The largest absolute Gasteiger partial charge is 0.317 e. The molecule has 0 saturated carbocycles. The Hall–Kier alpha value is -0.340. The van der Waals surface area contributed by atoms with E-state index in [0.717, 1.165) is 13.1 Å². The summed E-state index contributed by atoms with van der Waals surface area (Å²) in [4.78, 5) is 1.48. The number of hydrogen-bond donors (Lipinski definition) is 1. The number of thiophene rings is 1. The van der Waals surface area contributed by atoms with E-state index in [1.807, 2.05) is 11.3 Å². The van der Waals surface area contributed by atoms with E-state index in [1.165, 1.54) is 23.3 Å². The lowest BCUT2D eigenvalue weighted by atomic mass is 9.99. The van der Waals surface area contributed by atoms with E-state index in [1.54, 1.807) is 0 Å². The molecule has 1 rings (SSSR count). The standard InChI is InChI=1S/C12H21NS/c1-4-7-13-8-5-10(2)12-6-9-14-11(12)3/h6,9-10,13H,4-5,7-8H2,1-3H3. The SMILES string of the molecule is CCCNCCC(C)c1ccsc1C. The molecule has 1 N–H and O–H groups in total. The summed E-state index contributed by atoms with van der Waals surface area (Å²) in [6.07, 6.45) is 2.48. The van der Waals surface area contributed by atoms with Gasteiger partial charge in [-0.15, -0.1) is 11.3 Å². The van der Waals surface area contributed by atoms with Gasteiger partial charge in [0, 0.05) is 4.88 Å². The van der Waals surface area contributed by atoms with Crippen LogP contribution in [0.25, 0.3) is 0 Å². The fourth-order valence-corrected chi connectivity index (χ4v) is 2.51. The second kappa shape index (κ2) is 6.20. The summed E-state index contributed by atoms with van der Waals surface area (Å²) < 4.78 is 0. The van der Waals surface area contributed by atoms with Crippen LogP contribution in [0.15, 0.2) is 11.4 Å². The van der Waals surface area contributed by atoms with Crippen molar-refractivity contribution in [2.24, 2.45) is 0 Å². The summed E-state index contributed by atoms with van der Waals surface area (Å²) in [6, 6.07) is 2.27. The topological polar surface area (TPSA) is 12.0 Å². The van der Waals surface area contributed by atoms with E-state index in [9.17, 15) is 0 Å². The maximum atomic E-state index is 3.45. The summed E-state index contributed by atoms with van der Waals surface area (Å²) in [7, 11) is 0. The Labute approximate surface area is 91.5 Å². The van der Waals surface area contributed by atoms with E-state index in [0.29, 0.717) is 5.92 Å². The van der Waals surface area contributed by atoms with Crippen molar-refractivity contribution in [3.63, 3.8) is 0 Å². The Kier molecular flexibility index (Phi) is 5.20. The highest BCUT2D eigenvalue weighted by Crippen LogP contribution is 2.25. The van der Waals surface area contributed by atoms with Crippen LogP contribution in [0.5, 0.6) is 0 Å². The normalized spacial score (nSPS) is 13.1. The third kappa shape index (κ3) is 3.43. The molecule has 14 heavy (non-hydrogen) atoms. The number of aryl methyl sites for hydroxylation is 1. The predicted octanol–water partition coefficient (Wildman–Crippen LogP) is 3.55. The second-order valence-corrected chi connectivity index (χ2v) is 4.99. The summed E-state index contributed by atoms with van der Waals surface area (Å²) in [5, 5.41) is 5.65. The van der Waals surface area contributed by atoms with Crippen molar-refractivity contribution in [2.75, 3.05) is 13.1 Å². The van der Waals surface area contributed by atoms with E-state index in [4.69, 9.17) is 0 Å². The van der Waals surface area contributed by atoms with Crippen LogP contribution in [0, 0.1) is 6.92 Å². The van der Waals surface area contributed by atoms with Crippen molar-refractivity contribution in [3.05, 3.63) is 21.9 Å². The maximum Gasteiger partial charge on any atom is 0.00489 e. The van der Waals surface area contributed by atoms with Gasteiger partial charge in [-0.1, -0.05) is 13.8 Å². The first-order valence-electron chi connectivity index (χ1n) is 5.50.